The highest BCUT2D eigenvalue weighted by molar-refractivity contribution is 5.95. The zero-order valence-electron chi connectivity index (χ0n) is 13.1. The molecule has 1 aromatic rings. The molecule has 0 saturated heterocycles. The summed E-state index contributed by atoms with van der Waals surface area (Å²) in [5.74, 6) is -0.649. The SMILES string of the molecule is COC[C@H](N)C(=O)Nc1ccc(C(=O)OC2CCCC2)cc1.Cl. The van der Waals surface area contributed by atoms with E-state index < -0.39 is 6.04 Å². The van der Waals surface area contributed by atoms with Gasteiger partial charge in [0.1, 0.15) is 12.1 Å². The molecule has 3 N–H and O–H groups in total. The lowest BCUT2D eigenvalue weighted by molar-refractivity contribution is -0.118. The Morgan fingerprint density at radius 1 is 1.26 bits per heavy atom. The molecule has 1 fully saturated rings. The minimum absolute atomic E-state index is 0. The largest absolute Gasteiger partial charge is 0.459 e. The summed E-state index contributed by atoms with van der Waals surface area (Å²) in [6, 6.07) is 5.85. The lowest BCUT2D eigenvalue weighted by Crippen LogP contribution is -2.39. The van der Waals surface area contributed by atoms with Gasteiger partial charge < -0.3 is 20.5 Å². The van der Waals surface area contributed by atoms with Crippen molar-refractivity contribution in [2.75, 3.05) is 19.0 Å². The second kappa shape index (κ2) is 9.50. The number of anilines is 1. The molecule has 1 amide bonds. The van der Waals surface area contributed by atoms with Gasteiger partial charge in [0.25, 0.3) is 0 Å². The van der Waals surface area contributed by atoms with Crippen molar-refractivity contribution in [2.45, 2.75) is 37.8 Å². The molecule has 0 aromatic heterocycles. The third-order valence-corrected chi connectivity index (χ3v) is 3.65. The summed E-state index contributed by atoms with van der Waals surface area (Å²) in [5, 5.41) is 2.67. The van der Waals surface area contributed by atoms with Crippen LogP contribution in [0.25, 0.3) is 0 Å². The van der Waals surface area contributed by atoms with Gasteiger partial charge >= 0.3 is 5.97 Å². The zero-order chi connectivity index (χ0) is 15.9. The lowest BCUT2D eigenvalue weighted by Gasteiger charge is -2.13. The first-order valence-corrected chi connectivity index (χ1v) is 7.46. The summed E-state index contributed by atoms with van der Waals surface area (Å²) in [5.41, 5.74) is 6.69. The van der Waals surface area contributed by atoms with E-state index in [0.29, 0.717) is 11.3 Å². The van der Waals surface area contributed by atoms with Gasteiger partial charge in [0, 0.05) is 12.8 Å². The molecule has 1 atom stereocenters. The van der Waals surface area contributed by atoms with Gasteiger partial charge in [-0.1, -0.05) is 0 Å². The summed E-state index contributed by atoms with van der Waals surface area (Å²) in [7, 11) is 1.48. The van der Waals surface area contributed by atoms with Gasteiger partial charge in [-0.15, -0.1) is 12.4 Å². The molecular weight excluding hydrogens is 320 g/mol. The number of rotatable bonds is 6. The number of nitrogens with one attached hydrogen (secondary N) is 1. The summed E-state index contributed by atoms with van der Waals surface area (Å²) < 4.78 is 10.3. The molecule has 23 heavy (non-hydrogen) atoms. The Morgan fingerprint density at radius 3 is 2.43 bits per heavy atom. The Kier molecular flexibility index (Phi) is 8.02. The van der Waals surface area contributed by atoms with E-state index in [-0.39, 0.29) is 37.0 Å². The molecule has 0 unspecified atom stereocenters. The standard InChI is InChI=1S/C16H22N2O4.ClH/c1-21-10-14(17)15(19)18-12-8-6-11(7-9-12)16(20)22-13-4-2-3-5-13;/h6-9,13-14H,2-5,10,17H2,1H3,(H,18,19);1H/t14-;/m0./s1. The second-order valence-corrected chi connectivity index (χ2v) is 5.44. The van der Waals surface area contributed by atoms with Crippen LogP contribution in [0.15, 0.2) is 24.3 Å². The Balaban J connectivity index is 0.00000264. The molecule has 1 saturated carbocycles. The van der Waals surface area contributed by atoms with Crippen LogP contribution >= 0.6 is 12.4 Å². The maximum atomic E-state index is 12.0. The van der Waals surface area contributed by atoms with Gasteiger partial charge in [0.15, 0.2) is 0 Å². The first-order valence-electron chi connectivity index (χ1n) is 7.46. The van der Waals surface area contributed by atoms with Crippen LogP contribution in [0, 0.1) is 0 Å². The van der Waals surface area contributed by atoms with Crippen molar-refractivity contribution < 1.29 is 19.1 Å². The van der Waals surface area contributed by atoms with Crippen molar-refractivity contribution >= 4 is 30.0 Å². The average Bonchev–Trinajstić information content (AvgIpc) is 3.01. The monoisotopic (exact) mass is 342 g/mol. The normalized spacial score (nSPS) is 15.6. The molecule has 7 heteroatoms. The van der Waals surface area contributed by atoms with E-state index in [1.165, 1.54) is 7.11 Å². The van der Waals surface area contributed by atoms with Crippen molar-refractivity contribution in [1.82, 2.24) is 0 Å². The predicted molar refractivity (Wildman–Crippen MR) is 89.8 cm³/mol. The van der Waals surface area contributed by atoms with E-state index in [1.807, 2.05) is 0 Å². The average molecular weight is 343 g/mol. The third kappa shape index (κ3) is 5.82. The molecule has 1 aliphatic carbocycles. The molecule has 0 aliphatic heterocycles. The molecule has 0 bridgehead atoms. The highest BCUT2D eigenvalue weighted by Crippen LogP contribution is 2.22. The number of methoxy groups -OCH3 is 1. The number of hydrogen-bond donors (Lipinski definition) is 2. The quantitative estimate of drug-likeness (QED) is 0.773. The first kappa shape index (κ1) is 19.4. The smallest absolute Gasteiger partial charge is 0.338 e. The lowest BCUT2D eigenvalue weighted by atomic mass is 10.2. The van der Waals surface area contributed by atoms with Crippen molar-refractivity contribution in [3.8, 4) is 0 Å². The Morgan fingerprint density at radius 2 is 1.87 bits per heavy atom. The molecule has 1 aromatic carbocycles. The maximum Gasteiger partial charge on any atom is 0.338 e. The van der Waals surface area contributed by atoms with Crippen molar-refractivity contribution in [3.63, 3.8) is 0 Å². The number of halogens is 1. The van der Waals surface area contributed by atoms with Crippen molar-refractivity contribution in [3.05, 3.63) is 29.8 Å². The van der Waals surface area contributed by atoms with Gasteiger partial charge in [0.05, 0.1) is 12.2 Å². The van der Waals surface area contributed by atoms with Crippen LogP contribution in [0.3, 0.4) is 0 Å². The number of esters is 1. The molecule has 0 heterocycles. The summed E-state index contributed by atoms with van der Waals surface area (Å²) >= 11 is 0. The fourth-order valence-corrected chi connectivity index (χ4v) is 2.41. The summed E-state index contributed by atoms with van der Waals surface area (Å²) in [6.07, 6.45) is 4.16. The molecule has 2 rings (SSSR count). The highest BCUT2D eigenvalue weighted by atomic mass is 35.5. The fraction of sp³-hybridized carbons (Fsp3) is 0.500. The topological polar surface area (TPSA) is 90.6 Å². The van der Waals surface area contributed by atoms with Crippen molar-refractivity contribution in [2.24, 2.45) is 5.73 Å². The Labute approximate surface area is 142 Å². The third-order valence-electron chi connectivity index (χ3n) is 3.65. The van der Waals surface area contributed by atoms with Crippen LogP contribution in [0.1, 0.15) is 36.0 Å². The van der Waals surface area contributed by atoms with Gasteiger partial charge in [-0.2, -0.15) is 0 Å². The van der Waals surface area contributed by atoms with Gasteiger partial charge in [-0.05, 0) is 49.9 Å². The van der Waals surface area contributed by atoms with Crippen LogP contribution < -0.4 is 11.1 Å². The number of nitrogens with two attached hydrogens (primary N) is 1. The Bertz CT molecular complexity index is 515. The van der Waals surface area contributed by atoms with Crippen LogP contribution in [0.4, 0.5) is 5.69 Å². The molecular formula is C16H23ClN2O4. The second-order valence-electron chi connectivity index (χ2n) is 5.44. The zero-order valence-corrected chi connectivity index (χ0v) is 13.9. The van der Waals surface area contributed by atoms with Crippen LogP contribution in [-0.4, -0.2) is 37.7 Å². The van der Waals surface area contributed by atoms with E-state index in [2.05, 4.69) is 5.32 Å². The fourth-order valence-electron chi connectivity index (χ4n) is 2.41. The molecule has 0 spiro atoms. The van der Waals surface area contributed by atoms with E-state index in [0.717, 1.165) is 25.7 Å². The number of carbonyl (C=O) groups excluding carboxylic acids is 2. The Hall–Kier alpha value is -1.63. The van der Waals surface area contributed by atoms with Gasteiger partial charge in [0.2, 0.25) is 5.91 Å². The number of ether oxygens (including phenoxy) is 2. The van der Waals surface area contributed by atoms with Crippen LogP contribution in [0.2, 0.25) is 0 Å². The van der Waals surface area contributed by atoms with Crippen LogP contribution in [-0.2, 0) is 14.3 Å². The summed E-state index contributed by atoms with van der Waals surface area (Å²) in [4.78, 5) is 23.7. The van der Waals surface area contributed by atoms with E-state index >= 15 is 0 Å². The number of carbonyl (C=O) groups is 2. The van der Waals surface area contributed by atoms with Gasteiger partial charge in [-0.3, -0.25) is 4.79 Å². The molecule has 6 nitrogen and oxygen atoms in total. The molecule has 128 valence electrons. The minimum Gasteiger partial charge on any atom is -0.459 e. The van der Waals surface area contributed by atoms with E-state index in [1.54, 1.807) is 24.3 Å². The maximum absolute atomic E-state index is 12.0. The van der Waals surface area contributed by atoms with E-state index in [4.69, 9.17) is 15.2 Å². The minimum atomic E-state index is -0.725. The van der Waals surface area contributed by atoms with Gasteiger partial charge in [-0.25, -0.2) is 4.79 Å². The highest BCUT2D eigenvalue weighted by Gasteiger charge is 2.20. The molecule has 1 aliphatic rings. The predicted octanol–water partition coefficient (Wildman–Crippen LogP) is 2.12. The molecule has 0 radical (unpaired) electrons. The van der Waals surface area contributed by atoms with Crippen LogP contribution in [0.5, 0.6) is 0 Å². The first-order chi connectivity index (χ1) is 10.6. The number of amides is 1. The van der Waals surface area contributed by atoms with E-state index in [9.17, 15) is 9.59 Å². The number of benzene rings is 1. The van der Waals surface area contributed by atoms with Crippen molar-refractivity contribution in [1.29, 1.82) is 0 Å². The summed E-state index contributed by atoms with van der Waals surface area (Å²) in [6.45, 7) is 0.150. The number of hydrogen-bond acceptors (Lipinski definition) is 5.